The van der Waals surface area contributed by atoms with Gasteiger partial charge in [-0.05, 0) is 26.8 Å². The molecule has 0 unspecified atom stereocenters. The van der Waals surface area contributed by atoms with Crippen molar-refractivity contribution in [1.82, 2.24) is 10.2 Å². The van der Waals surface area contributed by atoms with Crippen LogP contribution in [0.1, 0.15) is 26.3 Å². The molecule has 1 aliphatic rings. The number of hydrogen-bond acceptors (Lipinski definition) is 4. The molecule has 0 saturated carbocycles. The molecule has 150 valence electrons. The fourth-order valence-electron chi connectivity index (χ4n) is 2.81. The van der Waals surface area contributed by atoms with Crippen LogP contribution in [0.5, 0.6) is 5.75 Å². The van der Waals surface area contributed by atoms with Crippen LogP contribution < -0.4 is 10.1 Å². The average molecular weight is 505 g/mol. The number of nitrogens with one attached hydrogen (secondary N) is 1. The van der Waals surface area contributed by atoms with Crippen molar-refractivity contribution < 1.29 is 13.2 Å². The number of hydrogen-bond donors (Lipinski definition) is 1. The number of guanidine groups is 1. The standard InChI is InChI=1S/C19H27N3O3S.HI/c1-5-12-25-17-10-8-7-9-16(17)14-21-18(20-6-2)22-11-13-26(23,24)19(3,4)15-22;/h1,7-10H,6,11-15H2,2-4H3,(H,20,21);1H. The smallest absolute Gasteiger partial charge is 0.194 e. The van der Waals surface area contributed by atoms with E-state index in [0.29, 0.717) is 37.9 Å². The summed E-state index contributed by atoms with van der Waals surface area (Å²) in [5, 5.41) is 3.26. The summed E-state index contributed by atoms with van der Waals surface area (Å²) < 4.78 is 29.2. The van der Waals surface area contributed by atoms with E-state index in [1.54, 1.807) is 13.8 Å². The van der Waals surface area contributed by atoms with E-state index in [4.69, 9.17) is 16.2 Å². The molecule has 1 aromatic rings. The Kier molecular flexibility index (Phi) is 8.88. The quantitative estimate of drug-likeness (QED) is 0.288. The van der Waals surface area contributed by atoms with Gasteiger partial charge in [0, 0.05) is 25.2 Å². The average Bonchev–Trinajstić information content (AvgIpc) is 2.60. The lowest BCUT2D eigenvalue weighted by atomic mass is 10.2. The van der Waals surface area contributed by atoms with Crippen LogP contribution in [0.25, 0.3) is 0 Å². The maximum atomic E-state index is 12.2. The number of sulfone groups is 1. The Morgan fingerprint density at radius 3 is 2.74 bits per heavy atom. The number of halogens is 1. The third-order valence-electron chi connectivity index (χ3n) is 4.36. The molecule has 0 radical (unpaired) electrons. The fraction of sp³-hybridized carbons (Fsp3) is 0.526. The first-order valence-corrected chi connectivity index (χ1v) is 10.4. The molecular formula is C19H28IN3O3S. The van der Waals surface area contributed by atoms with Gasteiger partial charge < -0.3 is 15.0 Å². The van der Waals surface area contributed by atoms with Gasteiger partial charge in [-0.25, -0.2) is 13.4 Å². The maximum Gasteiger partial charge on any atom is 0.194 e. The third kappa shape index (κ3) is 6.01. The molecular weight excluding hydrogens is 477 g/mol. The molecule has 1 saturated heterocycles. The highest BCUT2D eigenvalue weighted by molar-refractivity contribution is 14.0. The molecule has 0 amide bonds. The van der Waals surface area contributed by atoms with Crippen molar-refractivity contribution in [2.75, 3.05) is 32.0 Å². The van der Waals surface area contributed by atoms with Gasteiger partial charge in [0.2, 0.25) is 0 Å². The molecule has 6 nitrogen and oxygen atoms in total. The normalized spacial score (nSPS) is 18.1. The Bertz CT molecular complexity index is 801. The topological polar surface area (TPSA) is 71.0 Å². The summed E-state index contributed by atoms with van der Waals surface area (Å²) >= 11 is 0. The zero-order valence-electron chi connectivity index (χ0n) is 16.1. The van der Waals surface area contributed by atoms with Gasteiger partial charge in [-0.3, -0.25) is 0 Å². The van der Waals surface area contributed by atoms with Crippen molar-refractivity contribution in [3.63, 3.8) is 0 Å². The van der Waals surface area contributed by atoms with Crippen LogP contribution in [0.3, 0.4) is 0 Å². The number of nitrogens with zero attached hydrogens (tertiary/aromatic N) is 2. The van der Waals surface area contributed by atoms with E-state index in [0.717, 1.165) is 5.56 Å². The summed E-state index contributed by atoms with van der Waals surface area (Å²) in [6.07, 6.45) is 5.26. The van der Waals surface area contributed by atoms with E-state index in [-0.39, 0.29) is 36.3 Å². The van der Waals surface area contributed by atoms with Gasteiger partial charge >= 0.3 is 0 Å². The molecule has 0 aromatic heterocycles. The molecule has 1 fully saturated rings. The highest BCUT2D eigenvalue weighted by atomic mass is 127. The number of rotatable bonds is 5. The number of terminal acetylenes is 1. The van der Waals surface area contributed by atoms with Crippen molar-refractivity contribution in [3.8, 4) is 18.1 Å². The van der Waals surface area contributed by atoms with E-state index in [1.165, 1.54) is 0 Å². The summed E-state index contributed by atoms with van der Waals surface area (Å²) in [6, 6.07) is 7.63. The lowest BCUT2D eigenvalue weighted by molar-refractivity contribution is 0.352. The molecule has 0 aliphatic carbocycles. The summed E-state index contributed by atoms with van der Waals surface area (Å²) in [6.45, 7) is 7.71. The van der Waals surface area contributed by atoms with Crippen molar-refractivity contribution >= 4 is 39.8 Å². The monoisotopic (exact) mass is 505 g/mol. The van der Waals surface area contributed by atoms with Gasteiger partial charge in [0.1, 0.15) is 12.4 Å². The van der Waals surface area contributed by atoms with E-state index in [2.05, 4.69) is 11.2 Å². The first-order valence-electron chi connectivity index (χ1n) is 8.70. The zero-order valence-corrected chi connectivity index (χ0v) is 19.2. The Labute approximate surface area is 179 Å². The first-order chi connectivity index (χ1) is 12.3. The minimum atomic E-state index is -3.09. The van der Waals surface area contributed by atoms with Crippen molar-refractivity contribution in [1.29, 1.82) is 0 Å². The summed E-state index contributed by atoms with van der Waals surface area (Å²) in [5.74, 6) is 4.02. The maximum absolute atomic E-state index is 12.2. The van der Waals surface area contributed by atoms with Crippen LogP contribution in [-0.4, -0.2) is 56.0 Å². The van der Waals surface area contributed by atoms with E-state index >= 15 is 0 Å². The second-order valence-electron chi connectivity index (χ2n) is 6.77. The van der Waals surface area contributed by atoms with Crippen LogP contribution >= 0.6 is 24.0 Å². The molecule has 1 aromatic carbocycles. The Morgan fingerprint density at radius 1 is 1.41 bits per heavy atom. The minimum Gasteiger partial charge on any atom is -0.481 e. The predicted octanol–water partition coefficient (Wildman–Crippen LogP) is 2.29. The van der Waals surface area contributed by atoms with E-state index in [1.807, 2.05) is 36.1 Å². The predicted molar refractivity (Wildman–Crippen MR) is 120 cm³/mol. The first kappa shape index (κ1) is 23.6. The summed E-state index contributed by atoms with van der Waals surface area (Å²) in [7, 11) is -3.09. The lowest BCUT2D eigenvalue weighted by Gasteiger charge is -2.39. The van der Waals surface area contributed by atoms with Gasteiger partial charge in [-0.1, -0.05) is 24.1 Å². The number of benzene rings is 1. The molecule has 0 spiro atoms. The van der Waals surface area contributed by atoms with Crippen LogP contribution in [0.2, 0.25) is 0 Å². The Balaban J connectivity index is 0.00000364. The zero-order chi connectivity index (χ0) is 19.2. The molecule has 8 heteroatoms. The van der Waals surface area contributed by atoms with Crippen LogP contribution in [0.15, 0.2) is 29.3 Å². The summed E-state index contributed by atoms with van der Waals surface area (Å²) in [5.41, 5.74) is 0.932. The van der Waals surface area contributed by atoms with Gasteiger partial charge in [-0.2, -0.15) is 0 Å². The minimum absolute atomic E-state index is 0. The highest BCUT2D eigenvalue weighted by Crippen LogP contribution is 2.24. The second kappa shape index (κ2) is 10.2. The number of para-hydroxylation sites is 1. The van der Waals surface area contributed by atoms with Crippen LogP contribution in [-0.2, 0) is 16.4 Å². The SMILES string of the molecule is C#CCOc1ccccc1CN=C(NCC)N1CCS(=O)(=O)C(C)(C)C1.I. The van der Waals surface area contributed by atoms with Gasteiger partial charge in [0.05, 0.1) is 17.0 Å². The molecule has 1 N–H and O–H groups in total. The molecule has 1 aliphatic heterocycles. The van der Waals surface area contributed by atoms with E-state index < -0.39 is 14.6 Å². The highest BCUT2D eigenvalue weighted by Gasteiger charge is 2.40. The van der Waals surface area contributed by atoms with Gasteiger partial charge in [0.15, 0.2) is 15.8 Å². The second-order valence-corrected chi connectivity index (χ2v) is 9.51. The third-order valence-corrected chi connectivity index (χ3v) is 6.89. The molecule has 0 bridgehead atoms. The van der Waals surface area contributed by atoms with Crippen LogP contribution in [0.4, 0.5) is 0 Å². The molecule has 1 heterocycles. The van der Waals surface area contributed by atoms with Crippen molar-refractivity contribution in [2.45, 2.75) is 32.1 Å². The molecule has 2 rings (SSSR count). The summed E-state index contributed by atoms with van der Waals surface area (Å²) in [4.78, 5) is 6.70. The van der Waals surface area contributed by atoms with E-state index in [9.17, 15) is 8.42 Å². The van der Waals surface area contributed by atoms with Crippen molar-refractivity contribution in [2.24, 2.45) is 4.99 Å². The largest absolute Gasteiger partial charge is 0.481 e. The Morgan fingerprint density at radius 2 is 2.11 bits per heavy atom. The molecule has 27 heavy (non-hydrogen) atoms. The number of ether oxygens (including phenoxy) is 1. The Hall–Kier alpha value is -1.47. The van der Waals surface area contributed by atoms with Crippen LogP contribution in [0, 0.1) is 12.3 Å². The lowest BCUT2D eigenvalue weighted by Crippen LogP contribution is -2.57. The van der Waals surface area contributed by atoms with Gasteiger partial charge in [-0.15, -0.1) is 30.4 Å². The van der Waals surface area contributed by atoms with Crippen molar-refractivity contribution in [3.05, 3.63) is 29.8 Å². The number of aliphatic imine (C=N–C) groups is 1. The molecule has 0 atom stereocenters. The van der Waals surface area contributed by atoms with Gasteiger partial charge in [0.25, 0.3) is 0 Å². The fourth-order valence-corrected chi connectivity index (χ4v) is 4.17.